The lowest BCUT2D eigenvalue weighted by atomic mass is 9.93. The Morgan fingerprint density at radius 2 is 2.08 bits per heavy atom. The molecule has 0 aromatic heterocycles. The Morgan fingerprint density at radius 3 is 2.83 bits per heavy atom. The third-order valence-electron chi connectivity index (χ3n) is 4.02. The van der Waals surface area contributed by atoms with Gasteiger partial charge in [0.2, 0.25) is 5.91 Å². The molecule has 1 aliphatic heterocycles. The van der Waals surface area contributed by atoms with Crippen molar-refractivity contribution in [2.45, 2.75) is 32.6 Å². The van der Waals surface area contributed by atoms with Crippen molar-refractivity contribution in [1.29, 1.82) is 0 Å². The SMILES string of the molecule is CCOC(=O)COc1cccc(NC(=O)CCC2CCNCC2)c1. The third kappa shape index (κ3) is 6.58. The molecule has 6 heteroatoms. The second-order valence-corrected chi connectivity index (χ2v) is 5.90. The van der Waals surface area contributed by atoms with E-state index in [0.717, 1.165) is 32.4 Å². The van der Waals surface area contributed by atoms with Crippen molar-refractivity contribution in [3.63, 3.8) is 0 Å². The second kappa shape index (κ2) is 9.93. The van der Waals surface area contributed by atoms with Crippen molar-refractivity contribution in [2.75, 3.05) is 31.6 Å². The summed E-state index contributed by atoms with van der Waals surface area (Å²) < 4.78 is 10.2. The Balaban J connectivity index is 1.75. The zero-order chi connectivity index (χ0) is 17.2. The van der Waals surface area contributed by atoms with E-state index in [1.807, 2.05) is 0 Å². The number of carbonyl (C=O) groups is 2. The number of hydrogen-bond donors (Lipinski definition) is 2. The monoisotopic (exact) mass is 334 g/mol. The summed E-state index contributed by atoms with van der Waals surface area (Å²) in [6.45, 7) is 4.03. The van der Waals surface area contributed by atoms with Gasteiger partial charge in [-0.15, -0.1) is 0 Å². The van der Waals surface area contributed by atoms with E-state index in [4.69, 9.17) is 9.47 Å². The lowest BCUT2D eigenvalue weighted by Crippen LogP contribution is -2.28. The smallest absolute Gasteiger partial charge is 0.344 e. The zero-order valence-electron chi connectivity index (χ0n) is 14.2. The van der Waals surface area contributed by atoms with E-state index in [2.05, 4.69) is 10.6 Å². The minimum absolute atomic E-state index is 0.0103. The third-order valence-corrected chi connectivity index (χ3v) is 4.02. The Labute approximate surface area is 142 Å². The molecule has 1 saturated heterocycles. The summed E-state index contributed by atoms with van der Waals surface area (Å²) in [6, 6.07) is 7.04. The normalized spacial score (nSPS) is 14.9. The lowest BCUT2D eigenvalue weighted by molar-refractivity contribution is -0.145. The van der Waals surface area contributed by atoms with Crippen molar-refractivity contribution >= 4 is 17.6 Å². The molecule has 1 amide bonds. The van der Waals surface area contributed by atoms with E-state index in [9.17, 15) is 9.59 Å². The van der Waals surface area contributed by atoms with Gasteiger partial charge in [-0.25, -0.2) is 4.79 Å². The molecular weight excluding hydrogens is 308 g/mol. The minimum atomic E-state index is -0.408. The van der Waals surface area contributed by atoms with Crippen molar-refractivity contribution < 1.29 is 19.1 Å². The van der Waals surface area contributed by atoms with Crippen molar-refractivity contribution in [3.05, 3.63) is 24.3 Å². The first-order valence-corrected chi connectivity index (χ1v) is 8.56. The van der Waals surface area contributed by atoms with E-state index in [1.165, 1.54) is 0 Å². The van der Waals surface area contributed by atoms with Crippen molar-refractivity contribution in [1.82, 2.24) is 5.32 Å². The predicted octanol–water partition coefficient (Wildman–Crippen LogP) is 2.35. The van der Waals surface area contributed by atoms with E-state index in [0.29, 0.717) is 30.4 Å². The fourth-order valence-electron chi connectivity index (χ4n) is 2.74. The number of piperidine rings is 1. The molecule has 0 bridgehead atoms. The number of benzene rings is 1. The maximum absolute atomic E-state index is 12.1. The predicted molar refractivity (Wildman–Crippen MR) is 92.0 cm³/mol. The lowest BCUT2D eigenvalue weighted by Gasteiger charge is -2.22. The molecule has 132 valence electrons. The molecule has 1 aromatic carbocycles. The molecular formula is C18H26N2O4. The second-order valence-electron chi connectivity index (χ2n) is 5.90. The molecule has 0 atom stereocenters. The number of amides is 1. The minimum Gasteiger partial charge on any atom is -0.482 e. The summed E-state index contributed by atoms with van der Waals surface area (Å²) in [5.74, 6) is 0.764. The topological polar surface area (TPSA) is 76.7 Å². The van der Waals surface area contributed by atoms with Gasteiger partial charge in [0.1, 0.15) is 5.75 Å². The van der Waals surface area contributed by atoms with Gasteiger partial charge in [0.25, 0.3) is 0 Å². The first-order valence-electron chi connectivity index (χ1n) is 8.56. The standard InChI is InChI=1S/C18H26N2O4/c1-2-23-18(22)13-24-16-5-3-4-15(12-16)20-17(21)7-6-14-8-10-19-11-9-14/h3-5,12,14,19H,2,6-11,13H2,1H3,(H,20,21). The molecule has 24 heavy (non-hydrogen) atoms. The fourth-order valence-corrected chi connectivity index (χ4v) is 2.74. The first-order chi connectivity index (χ1) is 11.7. The maximum Gasteiger partial charge on any atom is 0.344 e. The van der Waals surface area contributed by atoms with Crippen LogP contribution in [-0.2, 0) is 14.3 Å². The number of hydrogen-bond acceptors (Lipinski definition) is 5. The zero-order valence-corrected chi connectivity index (χ0v) is 14.2. The van der Waals surface area contributed by atoms with Gasteiger partial charge in [-0.05, 0) is 57.3 Å². The Kier molecular flexibility index (Phi) is 7.55. The molecule has 0 spiro atoms. The van der Waals surface area contributed by atoms with E-state index in [-0.39, 0.29) is 12.5 Å². The number of rotatable bonds is 8. The number of ether oxygens (including phenoxy) is 2. The van der Waals surface area contributed by atoms with Crippen LogP contribution in [-0.4, -0.2) is 38.2 Å². The Hall–Kier alpha value is -2.08. The highest BCUT2D eigenvalue weighted by atomic mass is 16.6. The Bertz CT molecular complexity index is 542. The number of anilines is 1. The average Bonchev–Trinajstić information content (AvgIpc) is 2.60. The van der Waals surface area contributed by atoms with Gasteiger partial charge in [-0.3, -0.25) is 4.79 Å². The van der Waals surface area contributed by atoms with Crippen LogP contribution in [0.2, 0.25) is 0 Å². The summed E-state index contributed by atoms with van der Waals surface area (Å²) in [5.41, 5.74) is 0.673. The summed E-state index contributed by atoms with van der Waals surface area (Å²) in [4.78, 5) is 23.4. The molecule has 1 heterocycles. The van der Waals surface area contributed by atoms with Crippen LogP contribution in [0.3, 0.4) is 0 Å². The van der Waals surface area contributed by atoms with Crippen LogP contribution in [0, 0.1) is 5.92 Å². The number of carbonyl (C=O) groups excluding carboxylic acids is 2. The molecule has 1 aromatic rings. The fraction of sp³-hybridized carbons (Fsp3) is 0.556. The molecule has 0 radical (unpaired) electrons. The highest BCUT2D eigenvalue weighted by Crippen LogP contribution is 2.20. The van der Waals surface area contributed by atoms with E-state index < -0.39 is 5.97 Å². The maximum atomic E-state index is 12.1. The van der Waals surface area contributed by atoms with Gasteiger partial charge < -0.3 is 20.1 Å². The van der Waals surface area contributed by atoms with Crippen LogP contribution in [0.25, 0.3) is 0 Å². The molecule has 6 nitrogen and oxygen atoms in total. The summed E-state index contributed by atoms with van der Waals surface area (Å²) >= 11 is 0. The molecule has 1 aliphatic rings. The molecule has 0 aliphatic carbocycles. The largest absolute Gasteiger partial charge is 0.482 e. The van der Waals surface area contributed by atoms with Gasteiger partial charge in [-0.1, -0.05) is 6.07 Å². The molecule has 2 N–H and O–H groups in total. The van der Waals surface area contributed by atoms with Crippen LogP contribution in [0.4, 0.5) is 5.69 Å². The number of esters is 1. The van der Waals surface area contributed by atoms with Gasteiger partial charge in [0.15, 0.2) is 6.61 Å². The van der Waals surface area contributed by atoms with Crippen LogP contribution in [0.5, 0.6) is 5.75 Å². The molecule has 0 saturated carbocycles. The molecule has 1 fully saturated rings. The quantitative estimate of drug-likeness (QED) is 0.714. The summed E-state index contributed by atoms with van der Waals surface area (Å²) in [5, 5.41) is 6.21. The highest BCUT2D eigenvalue weighted by molar-refractivity contribution is 5.90. The highest BCUT2D eigenvalue weighted by Gasteiger charge is 2.14. The van der Waals surface area contributed by atoms with E-state index >= 15 is 0 Å². The Morgan fingerprint density at radius 1 is 1.29 bits per heavy atom. The van der Waals surface area contributed by atoms with Gasteiger partial charge in [0.05, 0.1) is 6.61 Å². The summed E-state index contributed by atoms with van der Waals surface area (Å²) in [6.07, 6.45) is 3.74. The van der Waals surface area contributed by atoms with E-state index in [1.54, 1.807) is 31.2 Å². The number of nitrogens with one attached hydrogen (secondary N) is 2. The first kappa shape index (κ1) is 18.3. The van der Waals surface area contributed by atoms with Gasteiger partial charge >= 0.3 is 5.97 Å². The molecule has 0 unspecified atom stereocenters. The van der Waals surface area contributed by atoms with Crippen LogP contribution < -0.4 is 15.4 Å². The van der Waals surface area contributed by atoms with Crippen LogP contribution in [0.15, 0.2) is 24.3 Å². The van der Waals surface area contributed by atoms with Crippen LogP contribution >= 0.6 is 0 Å². The van der Waals surface area contributed by atoms with Gasteiger partial charge in [-0.2, -0.15) is 0 Å². The van der Waals surface area contributed by atoms with Crippen molar-refractivity contribution in [3.8, 4) is 5.75 Å². The van der Waals surface area contributed by atoms with Crippen LogP contribution in [0.1, 0.15) is 32.6 Å². The average molecular weight is 334 g/mol. The van der Waals surface area contributed by atoms with Crippen molar-refractivity contribution in [2.24, 2.45) is 5.92 Å². The van der Waals surface area contributed by atoms with Gasteiger partial charge in [0, 0.05) is 18.2 Å². The summed E-state index contributed by atoms with van der Waals surface area (Å²) in [7, 11) is 0. The molecule has 2 rings (SSSR count).